The van der Waals surface area contributed by atoms with E-state index < -0.39 is 5.41 Å². The van der Waals surface area contributed by atoms with Gasteiger partial charge in [-0.15, -0.1) is 0 Å². The predicted octanol–water partition coefficient (Wildman–Crippen LogP) is 3.46. The van der Waals surface area contributed by atoms with Gasteiger partial charge in [-0.25, -0.2) is 0 Å². The summed E-state index contributed by atoms with van der Waals surface area (Å²) >= 11 is 0. The van der Waals surface area contributed by atoms with Crippen molar-refractivity contribution in [2.45, 2.75) is 20.3 Å². The molecule has 0 aromatic heterocycles. The van der Waals surface area contributed by atoms with Gasteiger partial charge >= 0.3 is 0 Å². The van der Waals surface area contributed by atoms with Gasteiger partial charge in [-0.2, -0.15) is 0 Å². The van der Waals surface area contributed by atoms with E-state index in [0.29, 0.717) is 19.6 Å². The van der Waals surface area contributed by atoms with Crippen molar-refractivity contribution >= 4 is 5.91 Å². The average Bonchev–Trinajstić information content (AvgIpc) is 2.59. The maximum absolute atomic E-state index is 12.4. The van der Waals surface area contributed by atoms with Gasteiger partial charge < -0.3 is 14.8 Å². The van der Waals surface area contributed by atoms with Crippen molar-refractivity contribution in [3.63, 3.8) is 0 Å². The minimum atomic E-state index is -0.457. The van der Waals surface area contributed by atoms with Crippen LogP contribution in [-0.2, 0) is 11.2 Å². The lowest BCUT2D eigenvalue weighted by Crippen LogP contribution is -2.40. The molecule has 0 saturated heterocycles. The number of hydrogen-bond acceptors (Lipinski definition) is 3. The molecule has 1 amide bonds. The smallest absolute Gasteiger partial charge is 0.226 e. The van der Waals surface area contributed by atoms with Gasteiger partial charge in [-0.3, -0.25) is 4.79 Å². The molecule has 2 aromatic rings. The van der Waals surface area contributed by atoms with Gasteiger partial charge in [0.05, 0.1) is 13.7 Å². The normalized spacial score (nSPS) is 11.0. The molecule has 0 spiro atoms. The van der Waals surface area contributed by atoms with E-state index in [0.717, 1.165) is 17.1 Å². The van der Waals surface area contributed by atoms with Gasteiger partial charge in [0, 0.05) is 5.41 Å². The standard InChI is InChI=1S/C20H25NO3/c1-20(2,15-16-7-5-4-6-8-16)19(22)21-13-14-24-18-11-9-17(23-3)10-12-18/h4-12H,13-15H2,1-3H3,(H,21,22). The maximum Gasteiger partial charge on any atom is 0.226 e. The Labute approximate surface area is 143 Å². The lowest BCUT2D eigenvalue weighted by atomic mass is 9.85. The Morgan fingerprint density at radius 2 is 1.62 bits per heavy atom. The molecular weight excluding hydrogens is 302 g/mol. The molecule has 4 heteroatoms. The molecule has 0 aliphatic heterocycles. The minimum absolute atomic E-state index is 0.0321. The third kappa shape index (κ3) is 5.30. The zero-order valence-corrected chi connectivity index (χ0v) is 14.5. The topological polar surface area (TPSA) is 47.6 Å². The molecule has 0 fully saturated rings. The summed E-state index contributed by atoms with van der Waals surface area (Å²) in [7, 11) is 1.63. The van der Waals surface area contributed by atoms with Crippen LogP contribution in [0.25, 0.3) is 0 Å². The van der Waals surface area contributed by atoms with Crippen LogP contribution in [0.1, 0.15) is 19.4 Å². The monoisotopic (exact) mass is 327 g/mol. The van der Waals surface area contributed by atoms with Crippen molar-refractivity contribution in [1.29, 1.82) is 0 Å². The molecule has 0 aliphatic carbocycles. The van der Waals surface area contributed by atoms with Crippen molar-refractivity contribution in [2.24, 2.45) is 5.41 Å². The molecule has 2 rings (SSSR count). The van der Waals surface area contributed by atoms with Crippen LogP contribution in [0.3, 0.4) is 0 Å². The Bertz CT molecular complexity index is 636. The van der Waals surface area contributed by atoms with Crippen LogP contribution >= 0.6 is 0 Å². The fourth-order valence-corrected chi connectivity index (χ4v) is 2.43. The van der Waals surface area contributed by atoms with Crippen molar-refractivity contribution in [1.82, 2.24) is 5.32 Å². The second-order valence-electron chi connectivity index (χ2n) is 6.33. The highest BCUT2D eigenvalue weighted by Gasteiger charge is 2.27. The van der Waals surface area contributed by atoms with Crippen molar-refractivity contribution in [3.8, 4) is 11.5 Å². The van der Waals surface area contributed by atoms with Crippen molar-refractivity contribution < 1.29 is 14.3 Å². The van der Waals surface area contributed by atoms with Crippen LogP contribution in [0.2, 0.25) is 0 Å². The van der Waals surface area contributed by atoms with E-state index in [9.17, 15) is 4.79 Å². The predicted molar refractivity (Wildman–Crippen MR) is 95.4 cm³/mol. The second kappa shape index (κ2) is 8.39. The largest absolute Gasteiger partial charge is 0.497 e. The molecule has 4 nitrogen and oxygen atoms in total. The van der Waals surface area contributed by atoms with Crippen LogP contribution in [-0.4, -0.2) is 26.2 Å². The number of methoxy groups -OCH3 is 1. The number of rotatable bonds is 8. The first kappa shape index (κ1) is 17.9. The number of ether oxygens (including phenoxy) is 2. The minimum Gasteiger partial charge on any atom is -0.497 e. The summed E-state index contributed by atoms with van der Waals surface area (Å²) in [6.07, 6.45) is 0.707. The molecule has 0 saturated carbocycles. The summed E-state index contributed by atoms with van der Waals surface area (Å²) in [4.78, 5) is 12.4. The molecule has 0 aliphatic rings. The van der Waals surface area contributed by atoms with Crippen LogP contribution in [0.15, 0.2) is 54.6 Å². The highest BCUT2D eigenvalue weighted by Crippen LogP contribution is 2.22. The number of carbonyl (C=O) groups excluding carboxylic acids is 1. The fraction of sp³-hybridized carbons (Fsp3) is 0.350. The summed E-state index contributed by atoms with van der Waals surface area (Å²) < 4.78 is 10.7. The molecule has 0 radical (unpaired) electrons. The molecule has 2 aromatic carbocycles. The van der Waals surface area contributed by atoms with E-state index in [-0.39, 0.29) is 5.91 Å². The van der Waals surface area contributed by atoms with Gasteiger partial charge in [0.25, 0.3) is 0 Å². The van der Waals surface area contributed by atoms with Crippen molar-refractivity contribution in [2.75, 3.05) is 20.3 Å². The number of benzene rings is 2. The SMILES string of the molecule is COc1ccc(OCCNC(=O)C(C)(C)Cc2ccccc2)cc1. The summed E-state index contributed by atoms with van der Waals surface area (Å²) in [5, 5.41) is 2.95. The number of carbonyl (C=O) groups is 1. The number of amides is 1. The van der Waals surface area contributed by atoms with E-state index in [2.05, 4.69) is 5.32 Å². The molecule has 128 valence electrons. The van der Waals surface area contributed by atoms with Gasteiger partial charge in [-0.1, -0.05) is 44.2 Å². The fourth-order valence-electron chi connectivity index (χ4n) is 2.43. The Morgan fingerprint density at radius 3 is 2.25 bits per heavy atom. The molecular formula is C20H25NO3. The molecule has 1 N–H and O–H groups in total. The van der Waals surface area contributed by atoms with E-state index in [1.54, 1.807) is 7.11 Å². The summed E-state index contributed by atoms with van der Waals surface area (Å²) in [6.45, 7) is 4.82. The highest BCUT2D eigenvalue weighted by molar-refractivity contribution is 5.82. The third-order valence-electron chi connectivity index (χ3n) is 3.82. The first-order chi connectivity index (χ1) is 11.5. The Morgan fingerprint density at radius 1 is 1.00 bits per heavy atom. The summed E-state index contributed by atoms with van der Waals surface area (Å²) in [5.41, 5.74) is 0.703. The van der Waals surface area contributed by atoms with Gasteiger partial charge in [0.15, 0.2) is 0 Å². The van der Waals surface area contributed by atoms with E-state index in [1.165, 1.54) is 0 Å². The Kier molecular flexibility index (Phi) is 6.24. The molecule has 0 heterocycles. The summed E-state index contributed by atoms with van der Waals surface area (Å²) in [6, 6.07) is 17.4. The lowest BCUT2D eigenvalue weighted by molar-refractivity contribution is -0.129. The first-order valence-corrected chi connectivity index (χ1v) is 8.10. The van der Waals surface area contributed by atoms with E-state index in [4.69, 9.17) is 9.47 Å². The maximum atomic E-state index is 12.4. The molecule has 24 heavy (non-hydrogen) atoms. The van der Waals surface area contributed by atoms with Crippen LogP contribution in [0.4, 0.5) is 0 Å². The van der Waals surface area contributed by atoms with Crippen LogP contribution < -0.4 is 14.8 Å². The quantitative estimate of drug-likeness (QED) is 0.755. The zero-order valence-electron chi connectivity index (χ0n) is 14.5. The summed E-state index contributed by atoms with van der Waals surface area (Å²) in [5.74, 6) is 1.58. The highest BCUT2D eigenvalue weighted by atomic mass is 16.5. The van der Waals surface area contributed by atoms with Crippen LogP contribution in [0.5, 0.6) is 11.5 Å². The Hall–Kier alpha value is -2.49. The van der Waals surface area contributed by atoms with E-state index >= 15 is 0 Å². The number of hydrogen-bond donors (Lipinski definition) is 1. The lowest BCUT2D eigenvalue weighted by Gasteiger charge is -2.23. The zero-order chi connectivity index (χ0) is 17.4. The van der Waals surface area contributed by atoms with Gasteiger partial charge in [0.2, 0.25) is 5.91 Å². The number of nitrogens with one attached hydrogen (secondary N) is 1. The Balaban J connectivity index is 1.75. The van der Waals surface area contributed by atoms with Crippen molar-refractivity contribution in [3.05, 3.63) is 60.2 Å². The van der Waals surface area contributed by atoms with E-state index in [1.807, 2.05) is 68.4 Å². The first-order valence-electron chi connectivity index (χ1n) is 8.10. The second-order valence-corrected chi connectivity index (χ2v) is 6.33. The molecule has 0 bridgehead atoms. The van der Waals surface area contributed by atoms with Gasteiger partial charge in [-0.05, 0) is 36.2 Å². The average molecular weight is 327 g/mol. The van der Waals surface area contributed by atoms with Gasteiger partial charge in [0.1, 0.15) is 18.1 Å². The van der Waals surface area contributed by atoms with Crippen LogP contribution in [0, 0.1) is 5.41 Å². The molecule has 0 unspecified atom stereocenters. The third-order valence-corrected chi connectivity index (χ3v) is 3.82. The molecule has 0 atom stereocenters.